The third-order valence-corrected chi connectivity index (χ3v) is 6.25. The molecule has 0 aliphatic carbocycles. The average Bonchev–Trinajstić information content (AvgIpc) is 3.21. The number of hydrogen-bond acceptors (Lipinski definition) is 5. The molecule has 1 fully saturated rings. The van der Waals surface area contributed by atoms with Crippen LogP contribution in [-0.4, -0.2) is 62.7 Å². The number of piperazine rings is 1. The van der Waals surface area contributed by atoms with Crippen LogP contribution in [0.25, 0.3) is 16.9 Å². The Morgan fingerprint density at radius 2 is 2.06 bits per heavy atom. The maximum Gasteiger partial charge on any atom is 0.280 e. The highest BCUT2D eigenvalue weighted by molar-refractivity contribution is 5.94. The van der Waals surface area contributed by atoms with Crippen LogP contribution >= 0.6 is 0 Å². The van der Waals surface area contributed by atoms with Gasteiger partial charge in [0.15, 0.2) is 5.82 Å². The second-order valence-corrected chi connectivity index (χ2v) is 8.17. The molecule has 1 saturated heterocycles. The summed E-state index contributed by atoms with van der Waals surface area (Å²) in [6, 6.07) is 8.26. The number of nitriles is 1. The Balaban J connectivity index is 1.57. The van der Waals surface area contributed by atoms with E-state index in [1.54, 1.807) is 24.3 Å². The largest absolute Gasteiger partial charge is 0.336 e. The van der Waals surface area contributed by atoms with Crippen LogP contribution in [0.5, 0.6) is 0 Å². The Morgan fingerprint density at radius 3 is 2.70 bits per heavy atom. The number of halogens is 1. The monoisotopic (exact) mass is 448 g/mol. The topological polar surface area (TPSA) is 98.0 Å². The third kappa shape index (κ3) is 4.05. The van der Waals surface area contributed by atoms with E-state index in [0.29, 0.717) is 36.1 Å². The van der Waals surface area contributed by atoms with Gasteiger partial charge < -0.3 is 4.90 Å². The minimum atomic E-state index is -0.641. The molecule has 4 rings (SSSR count). The predicted molar refractivity (Wildman–Crippen MR) is 122 cm³/mol. The first kappa shape index (κ1) is 22.4. The molecule has 33 heavy (non-hydrogen) atoms. The zero-order valence-corrected chi connectivity index (χ0v) is 18.8. The lowest BCUT2D eigenvalue weighted by Gasteiger charge is -2.39. The van der Waals surface area contributed by atoms with Crippen LogP contribution in [-0.2, 0) is 0 Å². The summed E-state index contributed by atoms with van der Waals surface area (Å²) in [6.07, 6.45) is 2.94. The zero-order chi connectivity index (χ0) is 23.7. The number of amides is 1. The number of aromatic nitrogens is 3. The summed E-state index contributed by atoms with van der Waals surface area (Å²) in [6.45, 7) is 8.88. The quantitative estimate of drug-likeness (QED) is 0.662. The van der Waals surface area contributed by atoms with Crippen molar-refractivity contribution in [3.05, 3.63) is 69.5 Å². The Bertz CT molecular complexity index is 1290. The fraction of sp³-hybridized carbons (Fsp3) is 0.333. The van der Waals surface area contributed by atoms with Crippen LogP contribution in [0.15, 0.2) is 41.5 Å². The van der Waals surface area contributed by atoms with E-state index in [0.717, 1.165) is 13.1 Å². The molecule has 3 heterocycles. The maximum atomic E-state index is 14.4. The summed E-state index contributed by atoms with van der Waals surface area (Å²) in [5, 5.41) is 11.8. The fourth-order valence-electron chi connectivity index (χ4n) is 4.27. The van der Waals surface area contributed by atoms with Crippen LogP contribution < -0.4 is 5.56 Å². The molecule has 170 valence electrons. The van der Waals surface area contributed by atoms with E-state index in [2.05, 4.69) is 28.8 Å². The summed E-state index contributed by atoms with van der Waals surface area (Å²) in [5.74, 6) is -0.407. The van der Waals surface area contributed by atoms with Gasteiger partial charge in [0.2, 0.25) is 0 Å². The number of pyridine rings is 1. The highest BCUT2D eigenvalue weighted by atomic mass is 19.1. The first-order valence-electron chi connectivity index (χ1n) is 10.9. The van der Waals surface area contributed by atoms with Gasteiger partial charge in [-0.25, -0.2) is 14.1 Å². The highest BCUT2D eigenvalue weighted by Crippen LogP contribution is 2.25. The van der Waals surface area contributed by atoms with Gasteiger partial charge in [0.05, 0.1) is 16.7 Å². The normalized spacial score (nSPS) is 16.6. The number of aromatic amines is 1. The van der Waals surface area contributed by atoms with Crippen LogP contribution in [0.4, 0.5) is 4.39 Å². The lowest BCUT2D eigenvalue weighted by Crippen LogP contribution is -2.53. The van der Waals surface area contributed by atoms with Gasteiger partial charge in [-0.3, -0.25) is 19.6 Å². The maximum absolute atomic E-state index is 14.4. The van der Waals surface area contributed by atoms with E-state index in [4.69, 9.17) is 5.26 Å². The van der Waals surface area contributed by atoms with Gasteiger partial charge >= 0.3 is 0 Å². The smallest absolute Gasteiger partial charge is 0.280 e. The molecule has 8 nitrogen and oxygen atoms in total. The molecule has 0 bridgehead atoms. The molecule has 0 spiro atoms. The minimum Gasteiger partial charge on any atom is -0.336 e. The van der Waals surface area contributed by atoms with Crippen LogP contribution in [0.3, 0.4) is 0 Å². The van der Waals surface area contributed by atoms with Crippen molar-refractivity contribution in [2.75, 3.05) is 26.2 Å². The van der Waals surface area contributed by atoms with Gasteiger partial charge in [-0.05, 0) is 49.7 Å². The van der Waals surface area contributed by atoms with E-state index in [1.165, 1.54) is 30.1 Å². The summed E-state index contributed by atoms with van der Waals surface area (Å²) < 4.78 is 15.6. The number of nitrogens with one attached hydrogen (secondary N) is 1. The summed E-state index contributed by atoms with van der Waals surface area (Å²) in [4.78, 5) is 34.3. The molecule has 1 aliphatic heterocycles. The summed E-state index contributed by atoms with van der Waals surface area (Å²) in [7, 11) is 0. The number of rotatable bonds is 4. The number of carbonyl (C=O) groups excluding carboxylic acids is 1. The third-order valence-electron chi connectivity index (χ3n) is 6.25. The molecule has 0 unspecified atom stereocenters. The van der Waals surface area contributed by atoms with Crippen molar-refractivity contribution in [1.29, 1.82) is 5.26 Å². The standard InChI is InChI=1S/C24H25FN6O2/c1-4-29-9-10-30(14-15(29)2)23(32)18-6-8-21(27-12-18)31-24(33)20(13-28-31)19-7-5-17(11-26)22(25)16(19)3/h5-8,12-13,15,28H,4,9-10,14H2,1-3H3/t15-/m0/s1. The second kappa shape index (κ2) is 9.00. The molecular weight excluding hydrogens is 423 g/mol. The molecule has 0 saturated carbocycles. The molecule has 1 aliphatic rings. The minimum absolute atomic E-state index is 0.0699. The average molecular weight is 449 g/mol. The van der Waals surface area contributed by atoms with Gasteiger partial charge in [0.1, 0.15) is 11.9 Å². The van der Waals surface area contributed by atoms with Gasteiger partial charge in [0, 0.05) is 38.1 Å². The number of carbonyl (C=O) groups is 1. The molecule has 3 aromatic rings. The van der Waals surface area contributed by atoms with E-state index in [-0.39, 0.29) is 22.6 Å². The highest BCUT2D eigenvalue weighted by Gasteiger charge is 2.26. The van der Waals surface area contributed by atoms with Crippen molar-refractivity contribution < 1.29 is 9.18 Å². The molecule has 1 amide bonds. The van der Waals surface area contributed by atoms with Crippen molar-refractivity contribution in [1.82, 2.24) is 24.6 Å². The lowest BCUT2D eigenvalue weighted by molar-refractivity contribution is 0.0528. The number of benzene rings is 1. The molecule has 0 radical (unpaired) electrons. The van der Waals surface area contributed by atoms with E-state index < -0.39 is 11.4 Å². The molecule has 9 heteroatoms. The first-order chi connectivity index (χ1) is 15.8. The van der Waals surface area contributed by atoms with Crippen molar-refractivity contribution in [3.8, 4) is 23.0 Å². The molecule has 1 atom stereocenters. The fourth-order valence-corrected chi connectivity index (χ4v) is 4.27. The van der Waals surface area contributed by atoms with Crippen LogP contribution in [0.2, 0.25) is 0 Å². The van der Waals surface area contributed by atoms with Gasteiger partial charge in [-0.15, -0.1) is 0 Å². The Morgan fingerprint density at radius 1 is 1.27 bits per heavy atom. The molecular formula is C24H25FN6O2. The summed E-state index contributed by atoms with van der Waals surface area (Å²) >= 11 is 0. The Labute approximate surface area is 190 Å². The van der Waals surface area contributed by atoms with E-state index in [1.807, 2.05) is 4.90 Å². The first-order valence-corrected chi connectivity index (χ1v) is 10.9. The van der Waals surface area contributed by atoms with E-state index in [9.17, 15) is 14.0 Å². The Hall–Kier alpha value is -3.77. The number of likely N-dealkylation sites (N-methyl/N-ethyl adjacent to an activating group) is 1. The van der Waals surface area contributed by atoms with Gasteiger partial charge in [-0.1, -0.05) is 13.0 Å². The van der Waals surface area contributed by atoms with E-state index >= 15 is 0 Å². The zero-order valence-electron chi connectivity index (χ0n) is 18.8. The van der Waals surface area contributed by atoms with Crippen LogP contribution in [0, 0.1) is 24.1 Å². The second-order valence-electron chi connectivity index (χ2n) is 8.17. The predicted octanol–water partition coefficient (Wildman–Crippen LogP) is 2.71. The lowest BCUT2D eigenvalue weighted by atomic mass is 10.0. The van der Waals surface area contributed by atoms with Crippen molar-refractivity contribution in [2.24, 2.45) is 0 Å². The van der Waals surface area contributed by atoms with Crippen LogP contribution in [0.1, 0.15) is 35.3 Å². The molecule has 2 aromatic heterocycles. The van der Waals surface area contributed by atoms with Crippen molar-refractivity contribution in [3.63, 3.8) is 0 Å². The van der Waals surface area contributed by atoms with Crippen molar-refractivity contribution in [2.45, 2.75) is 26.8 Å². The van der Waals surface area contributed by atoms with Gasteiger partial charge in [-0.2, -0.15) is 5.26 Å². The Kier molecular flexibility index (Phi) is 6.11. The number of H-pyrrole nitrogens is 1. The number of hydrogen-bond donors (Lipinski definition) is 1. The number of nitrogens with zero attached hydrogens (tertiary/aromatic N) is 5. The molecule has 1 aromatic carbocycles. The van der Waals surface area contributed by atoms with Crippen molar-refractivity contribution >= 4 is 5.91 Å². The molecule has 1 N–H and O–H groups in total. The van der Waals surface area contributed by atoms with Gasteiger partial charge in [0.25, 0.3) is 11.5 Å². The SMILES string of the molecule is CCN1CCN(C(=O)c2ccc(-n3[nH]cc(-c4ccc(C#N)c(F)c4C)c3=O)nc2)C[C@@H]1C. The summed E-state index contributed by atoms with van der Waals surface area (Å²) in [5.41, 5.74) is 0.876.